The summed E-state index contributed by atoms with van der Waals surface area (Å²) in [5.41, 5.74) is 0.947. The quantitative estimate of drug-likeness (QED) is 0.787. The minimum absolute atomic E-state index is 0.118. The summed E-state index contributed by atoms with van der Waals surface area (Å²) in [6.45, 7) is 6.34. The second-order valence-electron chi connectivity index (χ2n) is 5.09. The molecule has 5 heteroatoms. The fourth-order valence-electron chi connectivity index (χ4n) is 1.99. The van der Waals surface area contributed by atoms with Gasteiger partial charge in [-0.25, -0.2) is 0 Å². The molecule has 0 heterocycles. The first-order valence-electron chi connectivity index (χ1n) is 7.25. The SMILES string of the molecule is CCCCNC(=O)[C@H](C)N(Cc1ccc(Cl)cc1)C(C)=O. The van der Waals surface area contributed by atoms with Crippen molar-refractivity contribution in [2.45, 2.75) is 46.2 Å². The molecule has 2 amide bonds. The lowest BCUT2D eigenvalue weighted by molar-refractivity contribution is -0.138. The molecule has 21 heavy (non-hydrogen) atoms. The molecule has 0 saturated carbocycles. The molecule has 1 atom stereocenters. The van der Waals surface area contributed by atoms with E-state index in [1.807, 2.05) is 12.1 Å². The Morgan fingerprint density at radius 3 is 2.43 bits per heavy atom. The molecule has 0 fully saturated rings. The van der Waals surface area contributed by atoms with Crippen LogP contribution < -0.4 is 5.32 Å². The zero-order chi connectivity index (χ0) is 15.8. The molecule has 4 nitrogen and oxygen atoms in total. The lowest BCUT2D eigenvalue weighted by Gasteiger charge is -2.27. The Hall–Kier alpha value is -1.55. The lowest BCUT2D eigenvalue weighted by atomic mass is 10.1. The van der Waals surface area contributed by atoms with Gasteiger partial charge < -0.3 is 10.2 Å². The molecule has 0 aliphatic rings. The van der Waals surface area contributed by atoms with E-state index in [9.17, 15) is 9.59 Å². The third-order valence-corrected chi connectivity index (χ3v) is 3.60. The molecule has 116 valence electrons. The van der Waals surface area contributed by atoms with E-state index in [0.29, 0.717) is 18.1 Å². The van der Waals surface area contributed by atoms with Crippen LogP contribution in [0.1, 0.15) is 39.2 Å². The van der Waals surface area contributed by atoms with Gasteiger partial charge in [-0.15, -0.1) is 0 Å². The van der Waals surface area contributed by atoms with Crippen LogP contribution in [0.5, 0.6) is 0 Å². The van der Waals surface area contributed by atoms with Gasteiger partial charge in [0.1, 0.15) is 6.04 Å². The first kappa shape index (κ1) is 17.5. The van der Waals surface area contributed by atoms with E-state index in [4.69, 9.17) is 11.6 Å². The standard InChI is InChI=1S/C16H23ClN2O2/c1-4-5-10-18-16(21)12(2)19(13(3)20)11-14-6-8-15(17)9-7-14/h6-9,12H,4-5,10-11H2,1-3H3,(H,18,21)/t12-/m0/s1. The van der Waals surface area contributed by atoms with Crippen molar-refractivity contribution < 1.29 is 9.59 Å². The topological polar surface area (TPSA) is 49.4 Å². The molecule has 1 aromatic carbocycles. The van der Waals surface area contributed by atoms with Crippen molar-refractivity contribution in [2.24, 2.45) is 0 Å². The number of carbonyl (C=O) groups excluding carboxylic acids is 2. The summed E-state index contributed by atoms with van der Waals surface area (Å²) < 4.78 is 0. The highest BCUT2D eigenvalue weighted by molar-refractivity contribution is 6.30. The molecule has 0 bridgehead atoms. The molecule has 0 saturated heterocycles. The summed E-state index contributed by atoms with van der Waals surface area (Å²) in [6.07, 6.45) is 1.96. The first-order valence-corrected chi connectivity index (χ1v) is 7.62. The molecule has 1 aromatic rings. The molecule has 0 radical (unpaired) electrons. The van der Waals surface area contributed by atoms with Crippen molar-refractivity contribution in [1.29, 1.82) is 0 Å². The minimum Gasteiger partial charge on any atom is -0.354 e. The van der Waals surface area contributed by atoms with Gasteiger partial charge in [0.2, 0.25) is 11.8 Å². The third kappa shape index (κ3) is 5.76. The fourth-order valence-corrected chi connectivity index (χ4v) is 2.11. The van der Waals surface area contributed by atoms with Gasteiger partial charge in [-0.2, -0.15) is 0 Å². The normalized spacial score (nSPS) is 11.8. The fraction of sp³-hybridized carbons (Fsp3) is 0.500. The summed E-state index contributed by atoms with van der Waals surface area (Å²) in [4.78, 5) is 25.5. The number of amides is 2. The van der Waals surface area contributed by atoms with Crippen molar-refractivity contribution in [3.05, 3.63) is 34.9 Å². The second kappa shape index (κ2) is 8.67. The van der Waals surface area contributed by atoms with Crippen LogP contribution in [0.15, 0.2) is 24.3 Å². The average Bonchev–Trinajstić information content (AvgIpc) is 2.45. The van der Waals surface area contributed by atoms with Crippen LogP contribution in [0.2, 0.25) is 5.02 Å². The van der Waals surface area contributed by atoms with Crippen molar-refractivity contribution in [3.8, 4) is 0 Å². The summed E-state index contributed by atoms with van der Waals surface area (Å²) in [7, 11) is 0. The van der Waals surface area contributed by atoms with E-state index in [1.54, 1.807) is 24.0 Å². The maximum Gasteiger partial charge on any atom is 0.242 e. The summed E-state index contributed by atoms with van der Waals surface area (Å²) in [5.74, 6) is -0.240. The van der Waals surface area contributed by atoms with E-state index < -0.39 is 6.04 Å². The Balaban J connectivity index is 2.69. The Morgan fingerprint density at radius 1 is 1.29 bits per heavy atom. The van der Waals surface area contributed by atoms with E-state index in [0.717, 1.165) is 18.4 Å². The van der Waals surface area contributed by atoms with Crippen LogP contribution in [0.25, 0.3) is 0 Å². The minimum atomic E-state index is -0.491. The molecule has 0 aliphatic heterocycles. The maximum absolute atomic E-state index is 12.1. The molecule has 0 aromatic heterocycles. The monoisotopic (exact) mass is 310 g/mol. The highest BCUT2D eigenvalue weighted by atomic mass is 35.5. The number of halogens is 1. The number of nitrogens with zero attached hydrogens (tertiary/aromatic N) is 1. The predicted molar refractivity (Wildman–Crippen MR) is 85.1 cm³/mol. The van der Waals surface area contributed by atoms with Gasteiger partial charge in [0.05, 0.1) is 0 Å². The van der Waals surface area contributed by atoms with Gasteiger partial charge in [-0.05, 0) is 31.0 Å². The summed E-state index contributed by atoms with van der Waals surface area (Å²) in [5, 5.41) is 3.51. The Morgan fingerprint density at radius 2 is 1.90 bits per heavy atom. The van der Waals surface area contributed by atoms with E-state index in [-0.39, 0.29) is 11.8 Å². The van der Waals surface area contributed by atoms with Crippen molar-refractivity contribution in [2.75, 3.05) is 6.54 Å². The van der Waals surface area contributed by atoms with Gasteiger partial charge in [-0.1, -0.05) is 37.1 Å². The lowest BCUT2D eigenvalue weighted by Crippen LogP contribution is -2.47. The third-order valence-electron chi connectivity index (χ3n) is 3.35. The largest absolute Gasteiger partial charge is 0.354 e. The Kier molecular flexibility index (Phi) is 7.23. The second-order valence-corrected chi connectivity index (χ2v) is 5.53. The van der Waals surface area contributed by atoms with Crippen LogP contribution in [0.4, 0.5) is 0 Å². The van der Waals surface area contributed by atoms with E-state index in [2.05, 4.69) is 12.2 Å². The van der Waals surface area contributed by atoms with Crippen LogP contribution in [0, 0.1) is 0 Å². The molecular weight excluding hydrogens is 288 g/mol. The number of nitrogens with one attached hydrogen (secondary N) is 1. The van der Waals surface area contributed by atoms with Gasteiger partial charge in [-0.3, -0.25) is 9.59 Å². The Labute approximate surface area is 131 Å². The molecular formula is C16H23ClN2O2. The smallest absolute Gasteiger partial charge is 0.242 e. The summed E-state index contributed by atoms with van der Waals surface area (Å²) in [6, 6.07) is 6.79. The van der Waals surface area contributed by atoms with Crippen LogP contribution in [-0.4, -0.2) is 29.3 Å². The van der Waals surface area contributed by atoms with Gasteiger partial charge in [0, 0.05) is 25.0 Å². The van der Waals surface area contributed by atoms with Crippen LogP contribution >= 0.6 is 11.6 Å². The molecule has 0 unspecified atom stereocenters. The average molecular weight is 311 g/mol. The maximum atomic E-state index is 12.1. The van der Waals surface area contributed by atoms with Gasteiger partial charge in [0.25, 0.3) is 0 Å². The number of hydrogen-bond donors (Lipinski definition) is 1. The highest BCUT2D eigenvalue weighted by Gasteiger charge is 2.23. The molecule has 1 rings (SSSR count). The van der Waals surface area contributed by atoms with Crippen molar-refractivity contribution in [1.82, 2.24) is 10.2 Å². The molecule has 0 spiro atoms. The van der Waals surface area contributed by atoms with E-state index in [1.165, 1.54) is 6.92 Å². The van der Waals surface area contributed by atoms with Crippen LogP contribution in [0.3, 0.4) is 0 Å². The number of benzene rings is 1. The molecule has 1 N–H and O–H groups in total. The highest BCUT2D eigenvalue weighted by Crippen LogP contribution is 2.13. The Bertz CT molecular complexity index is 474. The van der Waals surface area contributed by atoms with E-state index >= 15 is 0 Å². The first-order chi connectivity index (χ1) is 9.95. The van der Waals surface area contributed by atoms with Gasteiger partial charge in [0.15, 0.2) is 0 Å². The van der Waals surface area contributed by atoms with Crippen LogP contribution in [-0.2, 0) is 16.1 Å². The molecule has 0 aliphatic carbocycles. The number of carbonyl (C=O) groups is 2. The number of hydrogen-bond acceptors (Lipinski definition) is 2. The van der Waals surface area contributed by atoms with Gasteiger partial charge >= 0.3 is 0 Å². The van der Waals surface area contributed by atoms with Crippen molar-refractivity contribution in [3.63, 3.8) is 0 Å². The zero-order valence-electron chi connectivity index (χ0n) is 12.9. The number of unbranched alkanes of at least 4 members (excludes halogenated alkanes) is 1. The van der Waals surface area contributed by atoms with Crippen molar-refractivity contribution >= 4 is 23.4 Å². The predicted octanol–water partition coefficient (Wildman–Crippen LogP) is 2.99. The summed E-state index contributed by atoms with van der Waals surface area (Å²) >= 11 is 5.85. The zero-order valence-corrected chi connectivity index (χ0v) is 13.6. The number of rotatable bonds is 7.